The van der Waals surface area contributed by atoms with Crippen molar-refractivity contribution in [3.05, 3.63) is 23.1 Å². The van der Waals surface area contributed by atoms with E-state index in [0.29, 0.717) is 4.88 Å². The van der Waals surface area contributed by atoms with E-state index in [0.717, 1.165) is 21.5 Å². The number of anilines is 1. The van der Waals surface area contributed by atoms with Gasteiger partial charge in [0.15, 0.2) is 0 Å². The summed E-state index contributed by atoms with van der Waals surface area (Å²) in [6.07, 6.45) is 0.0892. The number of rotatable bonds is 4. The molecule has 4 nitrogen and oxygen atoms in total. The Morgan fingerprint density at radius 2 is 2.00 bits per heavy atom. The van der Waals surface area contributed by atoms with Crippen LogP contribution in [-0.4, -0.2) is 31.3 Å². The topological polar surface area (TPSA) is 49.8 Å². The molecule has 0 aliphatic carbocycles. The highest BCUT2D eigenvalue weighted by Crippen LogP contribution is 2.37. The normalized spacial score (nSPS) is 11.0. The third kappa shape index (κ3) is 2.81. The van der Waals surface area contributed by atoms with Crippen molar-refractivity contribution in [1.82, 2.24) is 0 Å². The van der Waals surface area contributed by atoms with Crippen LogP contribution in [0.25, 0.3) is 10.1 Å². The molecule has 0 saturated heterocycles. The second kappa shape index (κ2) is 5.09. The monoisotopic (exact) mass is 279 g/mol. The second-order valence-electron chi connectivity index (χ2n) is 4.83. The number of carbonyl (C=O) groups is 1. The van der Waals surface area contributed by atoms with E-state index in [1.807, 2.05) is 45.0 Å². The molecule has 0 bridgehead atoms. The molecule has 19 heavy (non-hydrogen) atoms. The maximum absolute atomic E-state index is 11.1. The first-order valence-corrected chi connectivity index (χ1v) is 6.85. The van der Waals surface area contributed by atoms with Crippen LogP contribution in [0.2, 0.25) is 0 Å². The van der Waals surface area contributed by atoms with Gasteiger partial charge in [0, 0.05) is 35.9 Å². The molecule has 5 heteroatoms. The standard InChI is InChI=1S/C14H17NO3S/c1-8(2)18-9-5-11(15(3)4)10-7-13(14(16)17)19-12(10)6-9/h5-8H,1-4H3,(H,16,17). The zero-order chi connectivity index (χ0) is 14.2. The molecule has 0 unspecified atom stereocenters. The van der Waals surface area contributed by atoms with E-state index in [2.05, 4.69) is 0 Å². The minimum atomic E-state index is -0.891. The SMILES string of the molecule is CC(C)Oc1cc(N(C)C)c2cc(C(=O)O)sc2c1. The highest BCUT2D eigenvalue weighted by atomic mass is 32.1. The largest absolute Gasteiger partial charge is 0.491 e. The van der Waals surface area contributed by atoms with Crippen LogP contribution in [0.4, 0.5) is 5.69 Å². The second-order valence-corrected chi connectivity index (χ2v) is 5.91. The van der Waals surface area contributed by atoms with Crippen molar-refractivity contribution < 1.29 is 14.6 Å². The molecule has 0 aliphatic heterocycles. The smallest absolute Gasteiger partial charge is 0.345 e. The van der Waals surface area contributed by atoms with Crippen molar-refractivity contribution in [3.8, 4) is 5.75 Å². The van der Waals surface area contributed by atoms with Crippen LogP contribution in [0.1, 0.15) is 23.5 Å². The van der Waals surface area contributed by atoms with Gasteiger partial charge in [-0.2, -0.15) is 0 Å². The number of ether oxygens (including phenoxy) is 1. The number of fused-ring (bicyclic) bond motifs is 1. The van der Waals surface area contributed by atoms with Crippen molar-refractivity contribution in [2.75, 3.05) is 19.0 Å². The van der Waals surface area contributed by atoms with Crippen LogP contribution >= 0.6 is 11.3 Å². The van der Waals surface area contributed by atoms with Crippen LogP contribution < -0.4 is 9.64 Å². The van der Waals surface area contributed by atoms with Crippen molar-refractivity contribution in [3.63, 3.8) is 0 Å². The summed E-state index contributed by atoms with van der Waals surface area (Å²) in [7, 11) is 3.87. The zero-order valence-corrected chi connectivity index (χ0v) is 12.2. The number of hydrogen-bond acceptors (Lipinski definition) is 4. The average molecular weight is 279 g/mol. The van der Waals surface area contributed by atoms with E-state index >= 15 is 0 Å². The fraction of sp³-hybridized carbons (Fsp3) is 0.357. The molecular formula is C14H17NO3S. The summed E-state index contributed by atoms with van der Waals surface area (Å²) >= 11 is 1.27. The molecular weight excluding hydrogens is 262 g/mol. The first-order valence-electron chi connectivity index (χ1n) is 6.03. The van der Waals surface area contributed by atoms with Gasteiger partial charge in [0.2, 0.25) is 0 Å². The lowest BCUT2D eigenvalue weighted by atomic mass is 10.2. The summed E-state index contributed by atoms with van der Waals surface area (Å²) in [5.74, 6) is -0.123. The predicted molar refractivity (Wildman–Crippen MR) is 78.9 cm³/mol. The minimum absolute atomic E-state index is 0.0892. The van der Waals surface area contributed by atoms with Crippen LogP contribution in [0, 0.1) is 0 Å². The Labute approximate surface area is 116 Å². The Balaban J connectivity index is 2.61. The molecule has 102 valence electrons. The number of benzene rings is 1. The average Bonchev–Trinajstić information content (AvgIpc) is 2.70. The number of carboxylic acid groups (broad SMARTS) is 1. The molecule has 0 atom stereocenters. The van der Waals surface area contributed by atoms with Gasteiger partial charge in [0.1, 0.15) is 10.6 Å². The Bertz CT molecular complexity index is 616. The van der Waals surface area contributed by atoms with E-state index in [-0.39, 0.29) is 6.10 Å². The highest BCUT2D eigenvalue weighted by Gasteiger charge is 2.14. The summed E-state index contributed by atoms with van der Waals surface area (Å²) in [5.41, 5.74) is 0.969. The van der Waals surface area contributed by atoms with Crippen LogP contribution in [-0.2, 0) is 0 Å². The fourth-order valence-electron chi connectivity index (χ4n) is 1.91. The number of hydrogen-bond donors (Lipinski definition) is 1. The van der Waals surface area contributed by atoms with Gasteiger partial charge in [0.05, 0.1) is 6.10 Å². The molecule has 0 radical (unpaired) electrons. The molecule has 1 heterocycles. The lowest BCUT2D eigenvalue weighted by Crippen LogP contribution is -2.10. The van der Waals surface area contributed by atoms with Crippen LogP contribution in [0.5, 0.6) is 5.75 Å². The Morgan fingerprint density at radius 3 is 2.53 bits per heavy atom. The van der Waals surface area contributed by atoms with Gasteiger partial charge in [-0.25, -0.2) is 4.79 Å². The third-order valence-electron chi connectivity index (χ3n) is 2.65. The van der Waals surface area contributed by atoms with Gasteiger partial charge >= 0.3 is 5.97 Å². The summed E-state index contributed by atoms with van der Waals surface area (Å²) in [4.78, 5) is 13.4. The van der Waals surface area contributed by atoms with Gasteiger partial charge in [-0.05, 0) is 26.0 Å². The van der Waals surface area contributed by atoms with E-state index in [4.69, 9.17) is 9.84 Å². The fourth-order valence-corrected chi connectivity index (χ4v) is 2.86. The predicted octanol–water partition coefficient (Wildman–Crippen LogP) is 3.45. The lowest BCUT2D eigenvalue weighted by molar-refractivity contribution is 0.0702. The molecule has 0 amide bonds. The molecule has 1 aromatic carbocycles. The molecule has 0 aliphatic rings. The highest BCUT2D eigenvalue weighted by molar-refractivity contribution is 7.20. The maximum Gasteiger partial charge on any atom is 0.345 e. The quantitative estimate of drug-likeness (QED) is 0.931. The third-order valence-corrected chi connectivity index (χ3v) is 3.72. The molecule has 0 fully saturated rings. The van der Waals surface area contributed by atoms with E-state index in [1.54, 1.807) is 6.07 Å². The van der Waals surface area contributed by atoms with Crippen LogP contribution in [0.3, 0.4) is 0 Å². The number of nitrogens with zero attached hydrogens (tertiary/aromatic N) is 1. The summed E-state index contributed by atoms with van der Waals surface area (Å²) in [5, 5.41) is 10.0. The van der Waals surface area contributed by atoms with E-state index in [9.17, 15) is 4.79 Å². The van der Waals surface area contributed by atoms with Crippen molar-refractivity contribution >= 4 is 33.1 Å². The van der Waals surface area contributed by atoms with E-state index < -0.39 is 5.97 Å². The molecule has 1 N–H and O–H groups in total. The lowest BCUT2D eigenvalue weighted by Gasteiger charge is -2.17. The van der Waals surface area contributed by atoms with Gasteiger partial charge in [-0.3, -0.25) is 0 Å². The molecule has 0 spiro atoms. The maximum atomic E-state index is 11.1. The summed E-state index contributed by atoms with van der Waals surface area (Å²) in [6.45, 7) is 3.94. The number of aromatic carboxylic acids is 1. The van der Waals surface area contributed by atoms with E-state index in [1.165, 1.54) is 11.3 Å². The van der Waals surface area contributed by atoms with Crippen LogP contribution in [0.15, 0.2) is 18.2 Å². The Kier molecular flexibility index (Phi) is 3.66. The Hall–Kier alpha value is -1.75. The van der Waals surface area contributed by atoms with Crippen molar-refractivity contribution in [2.45, 2.75) is 20.0 Å². The summed E-state index contributed by atoms with van der Waals surface area (Å²) < 4.78 is 6.65. The number of thiophene rings is 1. The first kappa shape index (κ1) is 13.7. The minimum Gasteiger partial charge on any atom is -0.491 e. The van der Waals surface area contributed by atoms with Gasteiger partial charge in [-0.15, -0.1) is 11.3 Å². The molecule has 0 saturated carbocycles. The first-order chi connectivity index (χ1) is 8.88. The number of carboxylic acids is 1. The molecule has 2 rings (SSSR count). The zero-order valence-electron chi connectivity index (χ0n) is 11.4. The van der Waals surface area contributed by atoms with Gasteiger partial charge < -0.3 is 14.7 Å². The molecule has 2 aromatic rings. The molecule has 1 aromatic heterocycles. The van der Waals surface area contributed by atoms with Crippen molar-refractivity contribution in [2.24, 2.45) is 0 Å². The van der Waals surface area contributed by atoms with Gasteiger partial charge in [0.25, 0.3) is 0 Å². The Morgan fingerprint density at radius 1 is 1.32 bits per heavy atom. The summed E-state index contributed by atoms with van der Waals surface area (Å²) in [6, 6.07) is 5.57. The van der Waals surface area contributed by atoms with Gasteiger partial charge in [-0.1, -0.05) is 0 Å². The van der Waals surface area contributed by atoms with Crippen molar-refractivity contribution in [1.29, 1.82) is 0 Å².